The van der Waals surface area contributed by atoms with Crippen molar-refractivity contribution in [3.63, 3.8) is 0 Å². The molecule has 15 heavy (non-hydrogen) atoms. The lowest BCUT2D eigenvalue weighted by atomic mass is 10.5. The first-order chi connectivity index (χ1) is 7.24. The molecule has 0 saturated carbocycles. The van der Waals surface area contributed by atoms with Crippen LogP contribution >= 0.6 is 0 Å². The second-order valence-corrected chi connectivity index (χ2v) is 2.87. The number of anilines is 2. The quantitative estimate of drug-likeness (QED) is 0.776. The number of rotatable bonds is 5. The van der Waals surface area contributed by atoms with Crippen LogP contribution in [0.25, 0.3) is 0 Å². The monoisotopic (exact) mass is 211 g/mol. The molecule has 0 aliphatic heterocycles. The second kappa shape index (κ2) is 5.33. The van der Waals surface area contributed by atoms with Gasteiger partial charge in [0.2, 0.25) is 11.9 Å². The Morgan fingerprint density at radius 1 is 1.20 bits per heavy atom. The van der Waals surface area contributed by atoms with Crippen LogP contribution in [0.2, 0.25) is 0 Å². The molecular weight excluding hydrogens is 194 g/mol. The number of ether oxygens (including phenoxy) is 1. The van der Waals surface area contributed by atoms with Crippen molar-refractivity contribution in [2.24, 2.45) is 0 Å². The maximum Gasteiger partial charge on any atom is 0.322 e. The number of hydrogen-bond donors (Lipinski definition) is 1. The molecule has 1 aromatic rings. The molecule has 0 amide bonds. The molecule has 0 aliphatic rings. The number of hydrogen-bond acceptors (Lipinski definition) is 6. The largest absolute Gasteiger partial charge is 0.467 e. The maximum absolute atomic E-state index is 5.01. The van der Waals surface area contributed by atoms with Crippen molar-refractivity contribution in [1.82, 2.24) is 15.0 Å². The minimum Gasteiger partial charge on any atom is -0.467 e. The molecule has 6 heteroatoms. The standard InChI is InChI=1S/C9H17N5O/c1-5-14(6-2)8-11-7(10-3)12-9(13-8)15-4/h5-6H2,1-4H3,(H,10,11,12,13). The van der Waals surface area contributed by atoms with Crippen LogP contribution in [0.5, 0.6) is 6.01 Å². The van der Waals surface area contributed by atoms with Crippen LogP contribution in [0.3, 0.4) is 0 Å². The molecule has 1 N–H and O–H groups in total. The van der Waals surface area contributed by atoms with Crippen LogP contribution in [-0.2, 0) is 0 Å². The van der Waals surface area contributed by atoms with E-state index in [1.54, 1.807) is 14.2 Å². The van der Waals surface area contributed by atoms with Crippen molar-refractivity contribution < 1.29 is 4.74 Å². The summed E-state index contributed by atoms with van der Waals surface area (Å²) in [5.74, 6) is 1.15. The molecule has 0 atom stereocenters. The van der Waals surface area contributed by atoms with Gasteiger partial charge in [-0.1, -0.05) is 0 Å². The van der Waals surface area contributed by atoms with Crippen LogP contribution in [0.4, 0.5) is 11.9 Å². The van der Waals surface area contributed by atoms with Gasteiger partial charge in [0.1, 0.15) is 0 Å². The normalized spacial score (nSPS) is 9.87. The molecule has 6 nitrogen and oxygen atoms in total. The van der Waals surface area contributed by atoms with Crippen LogP contribution in [0.15, 0.2) is 0 Å². The summed E-state index contributed by atoms with van der Waals surface area (Å²) in [6.45, 7) is 5.82. The van der Waals surface area contributed by atoms with Crippen molar-refractivity contribution in [2.45, 2.75) is 13.8 Å². The summed E-state index contributed by atoms with van der Waals surface area (Å²) in [6, 6.07) is 0.330. The lowest BCUT2D eigenvalue weighted by Gasteiger charge is -2.18. The minimum absolute atomic E-state index is 0.330. The topological polar surface area (TPSA) is 63.2 Å². The molecule has 0 aromatic carbocycles. The molecule has 1 rings (SSSR count). The summed E-state index contributed by atoms with van der Waals surface area (Å²) in [7, 11) is 3.31. The van der Waals surface area contributed by atoms with E-state index in [0.29, 0.717) is 17.9 Å². The van der Waals surface area contributed by atoms with E-state index < -0.39 is 0 Å². The van der Waals surface area contributed by atoms with Crippen LogP contribution in [0, 0.1) is 0 Å². The van der Waals surface area contributed by atoms with Gasteiger partial charge < -0.3 is 15.0 Å². The fourth-order valence-corrected chi connectivity index (χ4v) is 1.20. The number of nitrogens with zero attached hydrogens (tertiary/aromatic N) is 4. The zero-order valence-electron chi connectivity index (χ0n) is 9.61. The van der Waals surface area contributed by atoms with Gasteiger partial charge in [0.05, 0.1) is 7.11 Å². The van der Waals surface area contributed by atoms with Gasteiger partial charge in [0.25, 0.3) is 0 Å². The van der Waals surface area contributed by atoms with Crippen molar-refractivity contribution in [1.29, 1.82) is 0 Å². The highest BCUT2D eigenvalue weighted by Gasteiger charge is 2.10. The first kappa shape index (κ1) is 11.5. The summed E-state index contributed by atoms with van der Waals surface area (Å²) < 4.78 is 5.01. The SMILES string of the molecule is CCN(CC)c1nc(NC)nc(OC)n1. The molecule has 84 valence electrons. The molecule has 0 fully saturated rings. The Labute approximate surface area is 89.7 Å². The van der Waals surface area contributed by atoms with Crippen LogP contribution in [-0.4, -0.2) is 42.2 Å². The van der Waals surface area contributed by atoms with E-state index in [1.165, 1.54) is 0 Å². The zero-order chi connectivity index (χ0) is 11.3. The average Bonchev–Trinajstić information content (AvgIpc) is 2.30. The lowest BCUT2D eigenvalue weighted by Crippen LogP contribution is -2.25. The van der Waals surface area contributed by atoms with Gasteiger partial charge in [-0.3, -0.25) is 0 Å². The summed E-state index contributed by atoms with van der Waals surface area (Å²) in [4.78, 5) is 14.5. The van der Waals surface area contributed by atoms with Crippen molar-refractivity contribution in [3.05, 3.63) is 0 Å². The van der Waals surface area contributed by atoms with E-state index in [1.807, 2.05) is 4.90 Å². The first-order valence-electron chi connectivity index (χ1n) is 4.97. The van der Waals surface area contributed by atoms with E-state index in [9.17, 15) is 0 Å². The van der Waals surface area contributed by atoms with Gasteiger partial charge >= 0.3 is 6.01 Å². The van der Waals surface area contributed by atoms with Crippen molar-refractivity contribution >= 4 is 11.9 Å². The third-order valence-corrected chi connectivity index (χ3v) is 2.06. The molecule has 0 spiro atoms. The Hall–Kier alpha value is -1.59. The van der Waals surface area contributed by atoms with E-state index >= 15 is 0 Å². The molecule has 1 heterocycles. The molecule has 0 unspecified atom stereocenters. The van der Waals surface area contributed by atoms with E-state index in [0.717, 1.165) is 13.1 Å². The van der Waals surface area contributed by atoms with Gasteiger partial charge in [0.15, 0.2) is 0 Å². The van der Waals surface area contributed by atoms with Gasteiger partial charge in [-0.05, 0) is 13.8 Å². The molecule has 0 aliphatic carbocycles. The first-order valence-corrected chi connectivity index (χ1v) is 4.97. The fourth-order valence-electron chi connectivity index (χ4n) is 1.20. The lowest BCUT2D eigenvalue weighted by molar-refractivity contribution is 0.379. The van der Waals surface area contributed by atoms with Gasteiger partial charge in [-0.25, -0.2) is 0 Å². The average molecular weight is 211 g/mol. The Balaban J connectivity index is 3.05. The minimum atomic E-state index is 0.330. The van der Waals surface area contributed by atoms with Gasteiger partial charge in [-0.2, -0.15) is 15.0 Å². The maximum atomic E-state index is 5.01. The smallest absolute Gasteiger partial charge is 0.322 e. The number of nitrogens with one attached hydrogen (secondary N) is 1. The zero-order valence-corrected chi connectivity index (χ0v) is 9.61. The Kier molecular flexibility index (Phi) is 4.08. The number of methoxy groups -OCH3 is 1. The summed E-state index contributed by atoms with van der Waals surface area (Å²) in [5, 5.41) is 2.88. The molecule has 0 saturated heterocycles. The third-order valence-electron chi connectivity index (χ3n) is 2.06. The van der Waals surface area contributed by atoms with E-state index in [2.05, 4.69) is 34.1 Å². The number of aromatic nitrogens is 3. The van der Waals surface area contributed by atoms with Gasteiger partial charge in [0, 0.05) is 20.1 Å². The Bertz CT molecular complexity index is 291. The fraction of sp³-hybridized carbons (Fsp3) is 0.667. The molecular formula is C9H17N5O. The molecule has 0 bridgehead atoms. The molecule has 0 radical (unpaired) electrons. The van der Waals surface area contributed by atoms with Crippen LogP contribution < -0.4 is 15.0 Å². The highest BCUT2D eigenvalue weighted by Crippen LogP contribution is 2.13. The predicted octanol–water partition coefficient (Wildman–Crippen LogP) is 0.768. The van der Waals surface area contributed by atoms with Crippen LogP contribution in [0.1, 0.15) is 13.8 Å². The van der Waals surface area contributed by atoms with E-state index in [-0.39, 0.29) is 0 Å². The highest BCUT2D eigenvalue weighted by atomic mass is 16.5. The van der Waals surface area contributed by atoms with Gasteiger partial charge in [-0.15, -0.1) is 0 Å². The van der Waals surface area contributed by atoms with Crippen molar-refractivity contribution in [3.8, 4) is 6.01 Å². The highest BCUT2D eigenvalue weighted by molar-refractivity contribution is 5.37. The Morgan fingerprint density at radius 3 is 2.33 bits per heavy atom. The van der Waals surface area contributed by atoms with Crippen molar-refractivity contribution in [2.75, 3.05) is 37.5 Å². The molecule has 1 aromatic heterocycles. The Morgan fingerprint density at radius 2 is 1.87 bits per heavy atom. The summed E-state index contributed by atoms with van der Waals surface area (Å²) in [6.07, 6.45) is 0. The second-order valence-electron chi connectivity index (χ2n) is 2.87. The predicted molar refractivity (Wildman–Crippen MR) is 59.5 cm³/mol. The summed E-state index contributed by atoms with van der Waals surface area (Å²) >= 11 is 0. The van der Waals surface area contributed by atoms with E-state index in [4.69, 9.17) is 4.74 Å². The third kappa shape index (κ3) is 2.68. The summed E-state index contributed by atoms with van der Waals surface area (Å²) in [5.41, 5.74) is 0.